The molecule has 0 aliphatic carbocycles. The molecule has 0 bridgehead atoms. The van der Waals surface area contributed by atoms with Crippen molar-refractivity contribution < 1.29 is 17.7 Å². The fourth-order valence-corrected chi connectivity index (χ4v) is 1.59. The van der Waals surface area contributed by atoms with Gasteiger partial charge in [-0.1, -0.05) is 0 Å². The van der Waals surface area contributed by atoms with Gasteiger partial charge in [0.1, 0.15) is 5.76 Å². The molecular weight excluding hydrogens is 220 g/mol. The van der Waals surface area contributed by atoms with E-state index in [0.29, 0.717) is 18.9 Å². The monoisotopic (exact) mass is 234 g/mol. The molecule has 0 atom stereocenters. The summed E-state index contributed by atoms with van der Waals surface area (Å²) in [7, 11) is -2.16. The summed E-state index contributed by atoms with van der Waals surface area (Å²) in [5, 5.41) is -0.0988. The van der Waals surface area contributed by atoms with Gasteiger partial charge >= 0.3 is 0 Å². The minimum atomic E-state index is -3.49. The second-order valence-corrected chi connectivity index (χ2v) is 4.50. The third-order valence-corrected chi connectivity index (χ3v) is 2.95. The first-order valence-corrected chi connectivity index (χ1v) is 5.95. The molecule has 0 aliphatic rings. The number of furan rings is 1. The summed E-state index contributed by atoms with van der Waals surface area (Å²) in [4.78, 5) is 4.88. The molecule has 0 saturated heterocycles. The molecule has 86 valence electrons. The minimum absolute atomic E-state index is 0.0988. The van der Waals surface area contributed by atoms with Crippen molar-refractivity contribution in [3.05, 3.63) is 17.9 Å². The van der Waals surface area contributed by atoms with Crippen LogP contribution >= 0.6 is 0 Å². The van der Waals surface area contributed by atoms with Crippen molar-refractivity contribution in [3.63, 3.8) is 0 Å². The van der Waals surface area contributed by atoms with Crippen molar-refractivity contribution in [1.82, 2.24) is 10.2 Å². The van der Waals surface area contributed by atoms with Crippen LogP contribution in [0.2, 0.25) is 0 Å². The maximum Gasteiger partial charge on any atom is 0.273 e. The predicted octanol–water partition coefficient (Wildman–Crippen LogP) is 0.229. The van der Waals surface area contributed by atoms with E-state index in [2.05, 4.69) is 10.2 Å². The van der Waals surface area contributed by atoms with E-state index in [1.807, 2.05) is 6.92 Å². The van der Waals surface area contributed by atoms with Crippen LogP contribution in [-0.4, -0.2) is 22.1 Å². The summed E-state index contributed by atoms with van der Waals surface area (Å²) in [6.45, 7) is 2.70. The van der Waals surface area contributed by atoms with Crippen LogP contribution in [0.1, 0.15) is 12.7 Å². The zero-order chi connectivity index (χ0) is 11.3. The molecule has 1 aromatic rings. The molecule has 0 saturated carbocycles. The van der Waals surface area contributed by atoms with E-state index in [-0.39, 0.29) is 5.09 Å². The van der Waals surface area contributed by atoms with Gasteiger partial charge in [-0.3, -0.25) is 0 Å². The Labute approximate surface area is 88.6 Å². The van der Waals surface area contributed by atoms with Gasteiger partial charge in [0.05, 0.1) is 13.2 Å². The van der Waals surface area contributed by atoms with Crippen molar-refractivity contribution in [2.75, 3.05) is 13.7 Å². The van der Waals surface area contributed by atoms with Gasteiger partial charge in [-0.2, -0.15) is 5.48 Å². The van der Waals surface area contributed by atoms with Crippen molar-refractivity contribution in [3.8, 4) is 0 Å². The second-order valence-electron chi connectivity index (χ2n) is 2.68. The summed E-state index contributed by atoms with van der Waals surface area (Å²) in [5.41, 5.74) is 2.63. The summed E-state index contributed by atoms with van der Waals surface area (Å²) >= 11 is 0. The zero-order valence-corrected chi connectivity index (χ0v) is 9.43. The molecule has 0 fully saturated rings. The van der Waals surface area contributed by atoms with Crippen LogP contribution < -0.4 is 10.2 Å². The van der Waals surface area contributed by atoms with Gasteiger partial charge < -0.3 is 9.25 Å². The molecule has 0 aliphatic heterocycles. The third kappa shape index (κ3) is 3.31. The zero-order valence-electron chi connectivity index (χ0n) is 8.61. The van der Waals surface area contributed by atoms with Gasteiger partial charge in [-0.05, 0) is 26.1 Å². The number of hydrogen-bond donors (Lipinski definition) is 2. The van der Waals surface area contributed by atoms with E-state index >= 15 is 0 Å². The van der Waals surface area contributed by atoms with Crippen LogP contribution in [0.5, 0.6) is 0 Å². The Balaban J connectivity index is 2.65. The first-order chi connectivity index (χ1) is 7.10. The maximum absolute atomic E-state index is 11.3. The smallest absolute Gasteiger partial charge is 0.273 e. The number of hydrogen-bond acceptors (Lipinski definition) is 5. The average molecular weight is 234 g/mol. The summed E-state index contributed by atoms with van der Waals surface area (Å²) in [6.07, 6.45) is 0. The molecule has 1 aromatic heterocycles. The first-order valence-electron chi connectivity index (χ1n) is 4.47. The average Bonchev–Trinajstić information content (AvgIpc) is 2.68. The van der Waals surface area contributed by atoms with Crippen molar-refractivity contribution in [2.45, 2.75) is 18.6 Å². The van der Waals surface area contributed by atoms with E-state index in [1.54, 1.807) is 6.07 Å². The van der Waals surface area contributed by atoms with Crippen molar-refractivity contribution in [2.24, 2.45) is 0 Å². The molecule has 0 unspecified atom stereocenters. The highest BCUT2D eigenvalue weighted by Gasteiger charge is 2.15. The van der Waals surface area contributed by atoms with Gasteiger partial charge in [-0.25, -0.2) is 13.1 Å². The Kier molecular flexibility index (Phi) is 4.28. The Morgan fingerprint density at radius 1 is 1.47 bits per heavy atom. The first kappa shape index (κ1) is 12.2. The van der Waals surface area contributed by atoms with Crippen molar-refractivity contribution >= 4 is 10.0 Å². The molecule has 6 nitrogen and oxygen atoms in total. The highest BCUT2D eigenvalue weighted by molar-refractivity contribution is 7.89. The van der Waals surface area contributed by atoms with Gasteiger partial charge in [0.15, 0.2) is 0 Å². The van der Waals surface area contributed by atoms with Gasteiger partial charge in [0, 0.05) is 0 Å². The molecule has 1 rings (SSSR count). The van der Waals surface area contributed by atoms with E-state index in [1.165, 1.54) is 13.1 Å². The standard InChI is InChI=1S/C8H14N2O4S/c1-3-13-10-6-7-4-5-8(14-7)15(11,12)9-2/h4-5,9-10H,3,6H2,1-2H3. The van der Waals surface area contributed by atoms with E-state index in [4.69, 9.17) is 9.25 Å². The SMILES string of the molecule is CCONCc1ccc(S(=O)(=O)NC)o1. The predicted molar refractivity (Wildman–Crippen MR) is 53.4 cm³/mol. The lowest BCUT2D eigenvalue weighted by atomic mass is 10.5. The maximum atomic E-state index is 11.3. The minimum Gasteiger partial charge on any atom is -0.447 e. The third-order valence-electron chi connectivity index (χ3n) is 1.66. The summed E-state index contributed by atoms with van der Waals surface area (Å²) in [5.74, 6) is 0.497. The normalized spacial score (nSPS) is 11.9. The van der Waals surface area contributed by atoms with Gasteiger partial charge in [0.25, 0.3) is 10.0 Å². The van der Waals surface area contributed by atoms with Crippen LogP contribution in [0.25, 0.3) is 0 Å². The number of hydroxylamine groups is 1. The molecule has 0 spiro atoms. The second kappa shape index (κ2) is 5.26. The number of sulfonamides is 1. The Morgan fingerprint density at radius 3 is 2.80 bits per heavy atom. The van der Waals surface area contributed by atoms with Gasteiger partial charge in [-0.15, -0.1) is 0 Å². The molecule has 2 N–H and O–H groups in total. The van der Waals surface area contributed by atoms with Crippen LogP contribution in [0, 0.1) is 0 Å². The lowest BCUT2D eigenvalue weighted by molar-refractivity contribution is 0.0418. The largest absolute Gasteiger partial charge is 0.447 e. The Morgan fingerprint density at radius 2 is 2.20 bits per heavy atom. The Bertz CT molecular complexity index is 399. The van der Waals surface area contributed by atoms with Crippen LogP contribution in [0.3, 0.4) is 0 Å². The fourth-order valence-electron chi connectivity index (χ4n) is 0.922. The fraction of sp³-hybridized carbons (Fsp3) is 0.500. The molecule has 15 heavy (non-hydrogen) atoms. The highest BCUT2D eigenvalue weighted by atomic mass is 32.2. The summed E-state index contributed by atoms with van der Waals surface area (Å²) < 4.78 is 29.8. The lowest BCUT2D eigenvalue weighted by Crippen LogP contribution is -2.18. The van der Waals surface area contributed by atoms with Crippen LogP contribution in [0.4, 0.5) is 0 Å². The van der Waals surface area contributed by atoms with Crippen LogP contribution in [0.15, 0.2) is 21.6 Å². The molecule has 7 heteroatoms. The topological polar surface area (TPSA) is 80.6 Å². The molecule has 0 aromatic carbocycles. The molecule has 0 amide bonds. The van der Waals surface area contributed by atoms with Crippen LogP contribution in [-0.2, 0) is 21.4 Å². The summed E-state index contributed by atoms with van der Waals surface area (Å²) in [6, 6.07) is 2.98. The van der Waals surface area contributed by atoms with Gasteiger partial charge in [0.2, 0.25) is 5.09 Å². The quantitative estimate of drug-likeness (QED) is 0.544. The molecule has 0 radical (unpaired) electrons. The molecular formula is C8H14N2O4S. The Hall–Kier alpha value is -0.890. The lowest BCUT2D eigenvalue weighted by Gasteiger charge is -2.00. The molecule has 1 heterocycles. The van der Waals surface area contributed by atoms with E-state index < -0.39 is 10.0 Å². The van der Waals surface area contributed by atoms with E-state index in [0.717, 1.165) is 0 Å². The number of nitrogens with one attached hydrogen (secondary N) is 2. The number of rotatable bonds is 6. The highest BCUT2D eigenvalue weighted by Crippen LogP contribution is 2.12. The van der Waals surface area contributed by atoms with E-state index in [9.17, 15) is 8.42 Å². The van der Waals surface area contributed by atoms with Crippen molar-refractivity contribution in [1.29, 1.82) is 0 Å².